The zero-order valence-corrected chi connectivity index (χ0v) is 16.8. The summed E-state index contributed by atoms with van der Waals surface area (Å²) in [6.07, 6.45) is 2.13. The quantitative estimate of drug-likeness (QED) is 0.697. The van der Waals surface area contributed by atoms with Crippen LogP contribution in [-0.2, 0) is 9.53 Å². The zero-order chi connectivity index (χ0) is 21.2. The molecule has 2 amide bonds. The maximum Gasteiger partial charge on any atom is 0.256 e. The van der Waals surface area contributed by atoms with E-state index in [0.29, 0.717) is 35.8 Å². The molecule has 2 aromatic carbocycles. The van der Waals surface area contributed by atoms with Crippen molar-refractivity contribution in [2.45, 2.75) is 30.7 Å². The number of ether oxygens (including phenoxy) is 1. The molecule has 1 N–H and O–H groups in total. The number of pyridine rings is 1. The minimum atomic E-state index is -0.773. The fourth-order valence-electron chi connectivity index (χ4n) is 5.45. The van der Waals surface area contributed by atoms with Crippen LogP contribution in [0.1, 0.15) is 34.9 Å². The Hall–Kier alpha value is -3.45. The van der Waals surface area contributed by atoms with E-state index in [1.807, 2.05) is 41.3 Å². The Kier molecular flexibility index (Phi) is 3.86. The molecule has 3 aromatic rings. The molecule has 1 spiro atoms. The second-order valence-corrected chi connectivity index (χ2v) is 8.41. The first-order valence-corrected chi connectivity index (χ1v) is 10.5. The molecule has 0 aliphatic carbocycles. The zero-order valence-electron chi connectivity index (χ0n) is 16.8. The predicted octanol–water partition coefficient (Wildman–Crippen LogP) is 2.44. The lowest BCUT2D eigenvalue weighted by Crippen LogP contribution is -2.48. The summed E-state index contributed by atoms with van der Waals surface area (Å²) in [5.41, 5.74) is 0.479. The molecule has 0 radical (unpaired) electrons. The van der Waals surface area contributed by atoms with Crippen LogP contribution in [0.25, 0.3) is 10.8 Å². The molecule has 1 aromatic heterocycles. The van der Waals surface area contributed by atoms with Crippen molar-refractivity contribution in [2.75, 3.05) is 13.1 Å². The number of amides is 2. The van der Waals surface area contributed by atoms with Crippen LogP contribution in [0.3, 0.4) is 0 Å². The fourth-order valence-corrected chi connectivity index (χ4v) is 5.45. The number of carbonyl (C=O) groups excluding carboxylic acids is 2. The highest BCUT2D eigenvalue weighted by Crippen LogP contribution is 2.50. The fraction of sp³-hybridized carbons (Fsp3) is 0.292. The minimum absolute atomic E-state index is 0.0206. The third-order valence-corrected chi connectivity index (χ3v) is 6.90. The van der Waals surface area contributed by atoms with Crippen LogP contribution >= 0.6 is 0 Å². The lowest BCUT2D eigenvalue weighted by molar-refractivity contribution is -0.138. The van der Waals surface area contributed by atoms with Gasteiger partial charge < -0.3 is 19.5 Å². The van der Waals surface area contributed by atoms with Gasteiger partial charge in [0.25, 0.3) is 11.5 Å². The molecular weight excluding hydrogens is 394 g/mol. The lowest BCUT2D eigenvalue weighted by atomic mass is 10.0. The molecule has 6 rings (SSSR count). The summed E-state index contributed by atoms with van der Waals surface area (Å²) >= 11 is 0. The van der Waals surface area contributed by atoms with Crippen molar-refractivity contribution in [2.24, 2.45) is 0 Å². The molecule has 3 atom stereocenters. The summed E-state index contributed by atoms with van der Waals surface area (Å²) in [7, 11) is 0. The van der Waals surface area contributed by atoms with Gasteiger partial charge in [0.15, 0.2) is 5.72 Å². The molecule has 0 unspecified atom stereocenters. The summed E-state index contributed by atoms with van der Waals surface area (Å²) in [5, 5.41) is 1.10. The Labute approximate surface area is 178 Å². The Morgan fingerprint density at radius 2 is 1.77 bits per heavy atom. The Bertz CT molecular complexity index is 1270. The highest BCUT2D eigenvalue weighted by molar-refractivity contribution is 6.07. The van der Waals surface area contributed by atoms with Gasteiger partial charge in [-0.05, 0) is 11.6 Å². The number of aromatic nitrogens is 1. The van der Waals surface area contributed by atoms with E-state index in [-0.39, 0.29) is 35.9 Å². The van der Waals surface area contributed by atoms with E-state index in [9.17, 15) is 14.4 Å². The van der Waals surface area contributed by atoms with Gasteiger partial charge in [0.2, 0.25) is 5.91 Å². The third-order valence-electron chi connectivity index (χ3n) is 6.90. The van der Waals surface area contributed by atoms with Gasteiger partial charge in [0.1, 0.15) is 6.10 Å². The van der Waals surface area contributed by atoms with Crippen molar-refractivity contribution in [1.29, 1.82) is 0 Å². The largest absolute Gasteiger partial charge is 0.343 e. The Morgan fingerprint density at radius 3 is 2.58 bits per heavy atom. The number of nitrogens with one attached hydrogen (secondary N) is 1. The molecule has 4 heterocycles. The smallest absolute Gasteiger partial charge is 0.256 e. The van der Waals surface area contributed by atoms with Crippen LogP contribution in [0.5, 0.6) is 0 Å². The minimum Gasteiger partial charge on any atom is -0.343 e. The summed E-state index contributed by atoms with van der Waals surface area (Å²) in [4.78, 5) is 44.9. The normalized spacial score (nSPS) is 27.0. The molecule has 7 heteroatoms. The van der Waals surface area contributed by atoms with E-state index in [4.69, 9.17) is 4.74 Å². The first-order chi connectivity index (χ1) is 15.1. The van der Waals surface area contributed by atoms with Gasteiger partial charge in [0.05, 0.1) is 24.6 Å². The van der Waals surface area contributed by atoms with Gasteiger partial charge in [0, 0.05) is 29.9 Å². The van der Waals surface area contributed by atoms with E-state index in [0.717, 1.165) is 5.56 Å². The van der Waals surface area contributed by atoms with Crippen molar-refractivity contribution in [3.63, 3.8) is 0 Å². The van der Waals surface area contributed by atoms with Crippen molar-refractivity contribution in [3.05, 3.63) is 82.3 Å². The van der Waals surface area contributed by atoms with E-state index in [1.54, 1.807) is 23.1 Å². The number of nitrogens with zero attached hydrogens (tertiary/aromatic N) is 2. The number of carbonyl (C=O) groups is 2. The first kappa shape index (κ1) is 18.3. The van der Waals surface area contributed by atoms with Crippen molar-refractivity contribution < 1.29 is 14.3 Å². The molecule has 0 bridgehead atoms. The second-order valence-electron chi connectivity index (χ2n) is 8.41. The monoisotopic (exact) mass is 415 g/mol. The van der Waals surface area contributed by atoms with Gasteiger partial charge in [-0.3, -0.25) is 14.4 Å². The first-order valence-electron chi connectivity index (χ1n) is 10.5. The SMILES string of the molecule is O=C(c1c[nH]c(=O)c2ccccc12)N1CC[C@@]23O[C@@H](c4ccccc4)CN2C(=O)C[C@@H]13. The molecule has 156 valence electrons. The molecule has 31 heavy (non-hydrogen) atoms. The van der Waals surface area contributed by atoms with Crippen LogP contribution < -0.4 is 5.56 Å². The molecule has 3 aliphatic rings. The summed E-state index contributed by atoms with van der Waals surface area (Å²) in [5.74, 6) is -0.164. The van der Waals surface area contributed by atoms with Crippen molar-refractivity contribution in [3.8, 4) is 0 Å². The number of aromatic amines is 1. The van der Waals surface area contributed by atoms with E-state index < -0.39 is 5.72 Å². The standard InChI is InChI=1S/C24H21N3O4/c28-21-12-20-24(27(21)14-19(31-24)15-6-2-1-3-7-15)10-11-26(20)23(30)18-13-25-22(29)17-9-5-4-8-16(17)18/h1-9,13,19-20H,10-12,14H2,(H,25,29)/t19-,20-,24+/m1/s1. The average molecular weight is 415 g/mol. The topological polar surface area (TPSA) is 82.7 Å². The molecule has 3 fully saturated rings. The number of rotatable bonds is 2. The number of hydrogen-bond acceptors (Lipinski definition) is 4. The highest BCUT2D eigenvalue weighted by Gasteiger charge is 2.65. The van der Waals surface area contributed by atoms with E-state index >= 15 is 0 Å². The van der Waals surface area contributed by atoms with Crippen LogP contribution in [0.2, 0.25) is 0 Å². The predicted molar refractivity (Wildman–Crippen MR) is 113 cm³/mol. The highest BCUT2D eigenvalue weighted by atomic mass is 16.5. The third kappa shape index (κ3) is 2.53. The summed E-state index contributed by atoms with van der Waals surface area (Å²) in [6.45, 7) is 1.01. The van der Waals surface area contributed by atoms with Gasteiger partial charge in [-0.1, -0.05) is 48.5 Å². The van der Waals surface area contributed by atoms with E-state index in [1.165, 1.54) is 6.20 Å². The Balaban J connectivity index is 1.36. The lowest BCUT2D eigenvalue weighted by Gasteiger charge is -2.32. The molecule has 0 saturated carbocycles. The van der Waals surface area contributed by atoms with Gasteiger partial charge in [-0.2, -0.15) is 0 Å². The summed E-state index contributed by atoms with van der Waals surface area (Å²) in [6, 6.07) is 16.6. The van der Waals surface area contributed by atoms with Gasteiger partial charge in [-0.15, -0.1) is 0 Å². The van der Waals surface area contributed by atoms with Crippen LogP contribution in [-0.4, -0.2) is 51.5 Å². The number of H-pyrrole nitrogens is 1. The maximum atomic E-state index is 13.6. The number of benzene rings is 2. The van der Waals surface area contributed by atoms with Gasteiger partial charge in [-0.25, -0.2) is 0 Å². The molecule has 3 saturated heterocycles. The molecule has 7 nitrogen and oxygen atoms in total. The van der Waals surface area contributed by atoms with Crippen LogP contribution in [0.4, 0.5) is 0 Å². The Morgan fingerprint density at radius 1 is 1.03 bits per heavy atom. The maximum absolute atomic E-state index is 13.6. The number of likely N-dealkylation sites (tertiary alicyclic amines) is 1. The molecular formula is C24H21N3O4. The number of hydrogen-bond donors (Lipinski definition) is 1. The average Bonchev–Trinajstić information content (AvgIpc) is 3.43. The van der Waals surface area contributed by atoms with Crippen LogP contribution in [0, 0.1) is 0 Å². The van der Waals surface area contributed by atoms with Crippen molar-refractivity contribution in [1.82, 2.24) is 14.8 Å². The van der Waals surface area contributed by atoms with Crippen molar-refractivity contribution >= 4 is 22.6 Å². The number of fused-ring (bicyclic) bond motifs is 1. The van der Waals surface area contributed by atoms with Crippen LogP contribution in [0.15, 0.2) is 65.6 Å². The molecule has 3 aliphatic heterocycles. The summed E-state index contributed by atoms with van der Waals surface area (Å²) < 4.78 is 6.53. The van der Waals surface area contributed by atoms with Gasteiger partial charge >= 0.3 is 0 Å². The van der Waals surface area contributed by atoms with E-state index in [2.05, 4.69) is 4.98 Å². The second kappa shape index (κ2) is 6.52.